The van der Waals surface area contributed by atoms with E-state index in [9.17, 15) is 9.90 Å². The van der Waals surface area contributed by atoms with Gasteiger partial charge in [0, 0.05) is 6.54 Å². The quantitative estimate of drug-likeness (QED) is 0.154. The Hall–Kier alpha value is -1.01. The van der Waals surface area contributed by atoms with Crippen LogP contribution in [0.3, 0.4) is 0 Å². The lowest BCUT2D eigenvalue weighted by Crippen LogP contribution is -2.42. The van der Waals surface area contributed by atoms with E-state index < -0.39 is 12.0 Å². The van der Waals surface area contributed by atoms with Crippen LogP contribution in [0.2, 0.25) is 0 Å². The summed E-state index contributed by atoms with van der Waals surface area (Å²) in [7, 11) is 0. The number of guanidine groups is 1. The third-order valence-electron chi connectivity index (χ3n) is 4.90. The summed E-state index contributed by atoms with van der Waals surface area (Å²) in [5.74, 6) is -0.809. The van der Waals surface area contributed by atoms with Crippen LogP contribution in [0.1, 0.15) is 90.9 Å². The number of aliphatic carboxylic acids is 1. The van der Waals surface area contributed by atoms with Crippen molar-refractivity contribution < 1.29 is 9.90 Å². The molecule has 27 heavy (non-hydrogen) atoms. The van der Waals surface area contributed by atoms with E-state index in [4.69, 9.17) is 11.1 Å². The summed E-state index contributed by atoms with van der Waals surface area (Å²) in [6.45, 7) is 6.44. The Kier molecular flexibility index (Phi) is 20.6. The number of unbranched alkanes of at least 4 members (excludes halogenated alkanes) is 9. The Bertz CT molecular complexity index is 370. The molecule has 0 unspecified atom stereocenters. The molecule has 0 rings (SSSR count). The van der Waals surface area contributed by atoms with Crippen molar-refractivity contribution in [1.82, 2.24) is 10.2 Å². The molecule has 0 amide bonds. The van der Waals surface area contributed by atoms with Crippen LogP contribution < -0.4 is 11.1 Å². The first kappa shape index (κ1) is 28.2. The maximum atomic E-state index is 11.6. The van der Waals surface area contributed by atoms with Gasteiger partial charge in [-0.2, -0.15) is 0 Å². The third-order valence-corrected chi connectivity index (χ3v) is 4.90. The van der Waals surface area contributed by atoms with E-state index in [-0.39, 0.29) is 18.4 Å². The van der Waals surface area contributed by atoms with Crippen LogP contribution in [0.25, 0.3) is 0 Å². The summed E-state index contributed by atoms with van der Waals surface area (Å²) in [5.41, 5.74) is 5.25. The molecule has 0 saturated carbocycles. The zero-order valence-corrected chi connectivity index (χ0v) is 18.3. The summed E-state index contributed by atoms with van der Waals surface area (Å²) in [5, 5.41) is 19.4. The number of hydrogen-bond acceptors (Lipinski definition) is 3. The molecule has 0 fully saturated rings. The number of carboxylic acids is 1. The minimum Gasteiger partial charge on any atom is -0.480 e. The van der Waals surface area contributed by atoms with E-state index in [1.807, 2.05) is 6.92 Å². The van der Waals surface area contributed by atoms with E-state index in [1.54, 1.807) is 0 Å². The van der Waals surface area contributed by atoms with Crippen molar-refractivity contribution in [3.8, 4) is 0 Å². The fraction of sp³-hybridized carbons (Fsp3) is 0.900. The summed E-state index contributed by atoms with van der Waals surface area (Å²) in [6.07, 6.45) is 14.2. The maximum Gasteiger partial charge on any atom is 0.320 e. The lowest BCUT2D eigenvalue weighted by atomic mass is 10.1. The largest absolute Gasteiger partial charge is 0.480 e. The lowest BCUT2D eigenvalue weighted by Gasteiger charge is -2.27. The molecule has 0 aliphatic carbocycles. The van der Waals surface area contributed by atoms with E-state index in [2.05, 4.69) is 17.1 Å². The van der Waals surface area contributed by atoms with Gasteiger partial charge in [-0.15, -0.1) is 12.4 Å². The molecule has 5 N–H and O–H groups in total. The molecule has 0 aromatic rings. The summed E-state index contributed by atoms with van der Waals surface area (Å²) in [4.78, 5) is 13.7. The molecule has 0 spiro atoms. The number of nitrogens with zero attached hydrogens (tertiary/aromatic N) is 1. The topological polar surface area (TPSA) is 102 Å². The molecular formula is C20H43ClN4O2. The minimum atomic E-state index is -0.748. The van der Waals surface area contributed by atoms with Crippen molar-refractivity contribution in [2.75, 3.05) is 19.6 Å². The lowest BCUT2D eigenvalue weighted by molar-refractivity contribution is -0.143. The number of nitrogens with one attached hydrogen (secondary N) is 2. The average Bonchev–Trinajstić information content (AvgIpc) is 2.60. The van der Waals surface area contributed by atoms with Crippen LogP contribution in [0, 0.1) is 5.41 Å². The molecule has 0 bridgehead atoms. The number of carbonyl (C=O) groups is 1. The van der Waals surface area contributed by atoms with Gasteiger partial charge in [-0.3, -0.25) is 15.1 Å². The molecule has 0 aliphatic rings. The van der Waals surface area contributed by atoms with Gasteiger partial charge in [0.25, 0.3) is 0 Å². The van der Waals surface area contributed by atoms with Gasteiger partial charge >= 0.3 is 5.97 Å². The van der Waals surface area contributed by atoms with E-state index in [1.165, 1.54) is 57.8 Å². The van der Waals surface area contributed by atoms with Gasteiger partial charge < -0.3 is 16.2 Å². The molecule has 0 saturated heterocycles. The van der Waals surface area contributed by atoms with Gasteiger partial charge in [0.1, 0.15) is 6.04 Å². The molecule has 6 nitrogen and oxygen atoms in total. The highest BCUT2D eigenvalue weighted by Gasteiger charge is 2.23. The van der Waals surface area contributed by atoms with E-state index >= 15 is 0 Å². The summed E-state index contributed by atoms with van der Waals surface area (Å²) in [6, 6.07) is -0.438. The van der Waals surface area contributed by atoms with Gasteiger partial charge in [0.2, 0.25) is 0 Å². The highest BCUT2D eigenvalue weighted by Crippen LogP contribution is 2.13. The SMILES string of the molecule is CCCCCCCCCCCCN(CC)[C@@H](CCCNC(=N)N)C(=O)O.Cl. The van der Waals surface area contributed by atoms with Gasteiger partial charge in [-0.1, -0.05) is 71.6 Å². The smallest absolute Gasteiger partial charge is 0.320 e. The summed E-state index contributed by atoms with van der Waals surface area (Å²) < 4.78 is 0. The van der Waals surface area contributed by atoms with Crippen LogP contribution >= 0.6 is 12.4 Å². The molecule has 7 heteroatoms. The Balaban J connectivity index is 0. The number of rotatable bonds is 18. The fourth-order valence-corrected chi connectivity index (χ4v) is 3.32. The first-order valence-corrected chi connectivity index (χ1v) is 10.6. The number of hydrogen-bond donors (Lipinski definition) is 4. The van der Waals surface area contributed by atoms with E-state index in [0.29, 0.717) is 19.4 Å². The number of halogens is 1. The molecule has 1 atom stereocenters. The van der Waals surface area contributed by atoms with Crippen molar-refractivity contribution in [2.24, 2.45) is 5.73 Å². The van der Waals surface area contributed by atoms with E-state index in [0.717, 1.165) is 19.5 Å². The van der Waals surface area contributed by atoms with Crippen molar-refractivity contribution in [3.63, 3.8) is 0 Å². The number of likely N-dealkylation sites (N-methyl/N-ethyl adjacent to an activating group) is 1. The van der Waals surface area contributed by atoms with Gasteiger partial charge in [0.15, 0.2) is 5.96 Å². The molecule has 0 heterocycles. The van der Waals surface area contributed by atoms with Crippen LogP contribution in [-0.2, 0) is 4.79 Å². The van der Waals surface area contributed by atoms with Crippen molar-refractivity contribution >= 4 is 24.3 Å². The summed E-state index contributed by atoms with van der Waals surface area (Å²) >= 11 is 0. The van der Waals surface area contributed by atoms with Crippen molar-refractivity contribution in [2.45, 2.75) is 96.9 Å². The second kappa shape index (κ2) is 19.7. The Morgan fingerprint density at radius 3 is 1.96 bits per heavy atom. The molecule has 0 aliphatic heterocycles. The van der Waals surface area contributed by atoms with Crippen LogP contribution in [0.5, 0.6) is 0 Å². The Labute approximate surface area is 172 Å². The van der Waals surface area contributed by atoms with Gasteiger partial charge in [-0.05, 0) is 32.4 Å². The van der Waals surface area contributed by atoms with Gasteiger partial charge in [-0.25, -0.2) is 0 Å². The predicted molar refractivity (Wildman–Crippen MR) is 117 cm³/mol. The maximum absolute atomic E-state index is 11.6. The zero-order valence-electron chi connectivity index (χ0n) is 17.5. The fourth-order valence-electron chi connectivity index (χ4n) is 3.32. The van der Waals surface area contributed by atoms with Gasteiger partial charge in [0.05, 0.1) is 0 Å². The first-order valence-electron chi connectivity index (χ1n) is 10.6. The Morgan fingerprint density at radius 1 is 1.00 bits per heavy atom. The number of carboxylic acid groups (broad SMARTS) is 1. The second-order valence-electron chi connectivity index (χ2n) is 7.15. The number of nitrogens with two attached hydrogens (primary N) is 1. The molecular weight excluding hydrogens is 364 g/mol. The Morgan fingerprint density at radius 2 is 1.52 bits per heavy atom. The molecule has 0 aromatic heterocycles. The highest BCUT2D eigenvalue weighted by atomic mass is 35.5. The normalized spacial score (nSPS) is 11.8. The minimum absolute atomic E-state index is 0. The first-order chi connectivity index (χ1) is 12.5. The third kappa shape index (κ3) is 16.9. The van der Waals surface area contributed by atoms with Crippen molar-refractivity contribution in [3.05, 3.63) is 0 Å². The molecule has 0 aromatic carbocycles. The predicted octanol–water partition coefficient (Wildman–Crippen LogP) is 4.37. The zero-order chi connectivity index (χ0) is 19.6. The van der Waals surface area contributed by atoms with Crippen molar-refractivity contribution in [1.29, 1.82) is 5.41 Å². The molecule has 162 valence electrons. The van der Waals surface area contributed by atoms with Crippen LogP contribution in [-0.4, -0.2) is 47.6 Å². The highest BCUT2D eigenvalue weighted by molar-refractivity contribution is 5.85. The molecule has 0 radical (unpaired) electrons. The monoisotopic (exact) mass is 406 g/mol. The van der Waals surface area contributed by atoms with Crippen LogP contribution in [0.4, 0.5) is 0 Å². The standard InChI is InChI=1S/C20H42N4O2.ClH/c1-3-5-6-7-8-9-10-11-12-13-17-24(4-2)18(19(25)26)15-14-16-23-20(21)22;/h18H,3-17H2,1-2H3,(H,25,26)(H4,21,22,23);1H/t18-;/m0./s1. The average molecular weight is 407 g/mol. The van der Waals surface area contributed by atoms with Crippen LogP contribution in [0.15, 0.2) is 0 Å². The second-order valence-corrected chi connectivity index (χ2v) is 7.15.